The molecule has 2 nitrogen and oxygen atoms in total. The van der Waals surface area contributed by atoms with Crippen LogP contribution in [-0.4, -0.2) is 50.7 Å². The van der Waals surface area contributed by atoms with E-state index in [4.69, 9.17) is 0 Å². The maximum absolute atomic E-state index is 3.95. The predicted molar refractivity (Wildman–Crippen MR) is 40.9 cm³/mol. The third kappa shape index (κ3) is 7.92. The first-order chi connectivity index (χ1) is 3.92. The van der Waals surface area contributed by atoms with Crippen molar-refractivity contribution in [3.05, 3.63) is 7.05 Å². The topological polar surface area (TPSA) is 3.24 Å². The van der Waals surface area contributed by atoms with Crippen LogP contribution < -0.4 is 0 Å². The standard InChI is InChI=1S/C7H18N2/c1-8(2)6-7-9(3,4)5/h3,6-7H2,1-2,4-5H3/q+1. The molecule has 0 heterocycles. The summed E-state index contributed by atoms with van der Waals surface area (Å²) < 4.78 is 0.804. The lowest BCUT2D eigenvalue weighted by Crippen LogP contribution is -2.38. The maximum Gasteiger partial charge on any atom is 0.128 e. The second-order valence-corrected chi connectivity index (χ2v) is 3.46. The quantitative estimate of drug-likeness (QED) is 0.500. The fraction of sp³-hybridized carbons (Fsp3) is 0.857. The molecule has 2 heteroatoms. The number of rotatable bonds is 3. The van der Waals surface area contributed by atoms with Gasteiger partial charge in [-0.15, -0.1) is 0 Å². The lowest BCUT2D eigenvalue weighted by atomic mass is 10.5. The van der Waals surface area contributed by atoms with Crippen molar-refractivity contribution in [2.24, 2.45) is 0 Å². The Morgan fingerprint density at radius 3 is 1.89 bits per heavy atom. The minimum absolute atomic E-state index is 0.804. The van der Waals surface area contributed by atoms with Crippen LogP contribution >= 0.6 is 0 Å². The van der Waals surface area contributed by atoms with Crippen molar-refractivity contribution in [1.82, 2.24) is 4.90 Å². The summed E-state index contributed by atoms with van der Waals surface area (Å²) in [6.07, 6.45) is 0. The molecule has 9 heavy (non-hydrogen) atoms. The Hall–Kier alpha value is -0.0800. The van der Waals surface area contributed by atoms with Crippen LogP contribution in [0.1, 0.15) is 0 Å². The van der Waals surface area contributed by atoms with E-state index >= 15 is 0 Å². The minimum Gasteiger partial charge on any atom is -0.323 e. The van der Waals surface area contributed by atoms with Crippen molar-refractivity contribution < 1.29 is 4.48 Å². The summed E-state index contributed by atoms with van der Waals surface area (Å²) in [6.45, 7) is 2.21. The van der Waals surface area contributed by atoms with E-state index in [2.05, 4.69) is 40.1 Å². The zero-order valence-corrected chi connectivity index (χ0v) is 7.02. The van der Waals surface area contributed by atoms with Gasteiger partial charge in [-0.25, -0.2) is 0 Å². The van der Waals surface area contributed by atoms with Crippen molar-refractivity contribution in [3.63, 3.8) is 0 Å². The van der Waals surface area contributed by atoms with E-state index in [1.54, 1.807) is 0 Å². The largest absolute Gasteiger partial charge is 0.323 e. The smallest absolute Gasteiger partial charge is 0.128 e. The molecule has 0 aromatic heterocycles. The lowest BCUT2D eigenvalue weighted by molar-refractivity contribution is -0.844. The molecule has 0 aliphatic rings. The van der Waals surface area contributed by atoms with E-state index in [0.717, 1.165) is 17.6 Å². The molecule has 0 fully saturated rings. The van der Waals surface area contributed by atoms with Gasteiger partial charge in [-0.1, -0.05) is 0 Å². The van der Waals surface area contributed by atoms with Crippen molar-refractivity contribution >= 4 is 0 Å². The molecule has 1 radical (unpaired) electrons. The van der Waals surface area contributed by atoms with Gasteiger partial charge >= 0.3 is 0 Å². The highest BCUT2D eigenvalue weighted by atomic mass is 15.3. The molecule has 0 bridgehead atoms. The molecule has 0 aliphatic heterocycles. The summed E-state index contributed by atoms with van der Waals surface area (Å²) in [7, 11) is 12.3. The summed E-state index contributed by atoms with van der Waals surface area (Å²) in [6, 6.07) is 0. The van der Waals surface area contributed by atoms with E-state index in [-0.39, 0.29) is 0 Å². The highest BCUT2D eigenvalue weighted by molar-refractivity contribution is 4.39. The van der Waals surface area contributed by atoms with E-state index in [9.17, 15) is 0 Å². The summed E-state index contributed by atoms with van der Waals surface area (Å²) >= 11 is 0. The zero-order valence-electron chi connectivity index (χ0n) is 7.02. The van der Waals surface area contributed by atoms with Crippen LogP contribution in [-0.2, 0) is 0 Å². The third-order valence-corrected chi connectivity index (χ3v) is 1.15. The molecule has 0 aliphatic carbocycles. The fourth-order valence-corrected chi connectivity index (χ4v) is 0.471. The Morgan fingerprint density at radius 1 is 1.33 bits per heavy atom. The van der Waals surface area contributed by atoms with Gasteiger partial charge in [-0.2, -0.15) is 0 Å². The van der Waals surface area contributed by atoms with Gasteiger partial charge < -0.3 is 9.38 Å². The number of quaternary nitrogens is 1. The lowest BCUT2D eigenvalue weighted by Gasteiger charge is -2.24. The molecule has 0 aromatic rings. The van der Waals surface area contributed by atoms with E-state index in [0.29, 0.717) is 0 Å². The highest BCUT2D eigenvalue weighted by Gasteiger charge is 2.06. The number of likely N-dealkylation sites (N-methyl/N-ethyl adjacent to an activating group) is 2. The number of hydrogen-bond donors (Lipinski definition) is 0. The molecule has 0 atom stereocenters. The third-order valence-electron chi connectivity index (χ3n) is 1.15. The molecule has 0 saturated heterocycles. The SMILES string of the molecule is [CH2][N+](C)(C)CCN(C)C. The Labute approximate surface area is 58.7 Å². The minimum atomic E-state index is 0.804. The van der Waals surface area contributed by atoms with Crippen molar-refractivity contribution in [2.75, 3.05) is 41.3 Å². The molecule has 0 aromatic carbocycles. The molecule has 0 spiro atoms. The van der Waals surface area contributed by atoms with E-state index in [1.807, 2.05) is 0 Å². The predicted octanol–water partition coefficient (Wildman–Crippen LogP) is 0.416. The molecular weight excluding hydrogens is 112 g/mol. The molecular formula is C7H18N2+. The van der Waals surface area contributed by atoms with Crippen LogP contribution in [0.3, 0.4) is 0 Å². The fourth-order valence-electron chi connectivity index (χ4n) is 0.471. The van der Waals surface area contributed by atoms with Gasteiger partial charge in [0.15, 0.2) is 0 Å². The van der Waals surface area contributed by atoms with Gasteiger partial charge in [0.25, 0.3) is 0 Å². The molecule has 0 saturated carbocycles. The highest BCUT2D eigenvalue weighted by Crippen LogP contribution is 1.91. The number of nitrogens with zero attached hydrogens (tertiary/aromatic N) is 2. The second kappa shape index (κ2) is 3.18. The molecule has 0 rings (SSSR count). The zero-order chi connectivity index (χ0) is 7.49. The van der Waals surface area contributed by atoms with Gasteiger partial charge in [0, 0.05) is 6.54 Å². The van der Waals surface area contributed by atoms with Gasteiger partial charge in [-0.3, -0.25) is 0 Å². The Kier molecular flexibility index (Phi) is 3.15. The normalized spacial score (nSPS) is 12.7. The second-order valence-electron chi connectivity index (χ2n) is 3.46. The van der Waals surface area contributed by atoms with E-state index < -0.39 is 0 Å². The summed E-state index contributed by atoms with van der Waals surface area (Å²) in [4.78, 5) is 2.17. The molecule has 0 amide bonds. The Bertz CT molecular complexity index is 71.5. The van der Waals surface area contributed by atoms with Crippen molar-refractivity contribution in [1.29, 1.82) is 0 Å². The Morgan fingerprint density at radius 2 is 1.78 bits per heavy atom. The first-order valence-electron chi connectivity index (χ1n) is 3.24. The monoisotopic (exact) mass is 130 g/mol. The van der Waals surface area contributed by atoms with Crippen LogP contribution in [0.15, 0.2) is 0 Å². The van der Waals surface area contributed by atoms with Crippen molar-refractivity contribution in [3.8, 4) is 0 Å². The molecule has 0 N–H and O–H groups in total. The molecule has 55 valence electrons. The van der Waals surface area contributed by atoms with Gasteiger partial charge in [-0.05, 0) is 14.1 Å². The van der Waals surface area contributed by atoms with Crippen LogP contribution in [0.5, 0.6) is 0 Å². The first-order valence-corrected chi connectivity index (χ1v) is 3.24. The number of hydrogen-bond acceptors (Lipinski definition) is 1. The van der Waals surface area contributed by atoms with E-state index in [1.165, 1.54) is 0 Å². The van der Waals surface area contributed by atoms with Crippen LogP contribution in [0.25, 0.3) is 0 Å². The van der Waals surface area contributed by atoms with Gasteiger partial charge in [0.1, 0.15) is 7.05 Å². The average Bonchev–Trinajstić information content (AvgIpc) is 1.59. The Balaban J connectivity index is 3.28. The van der Waals surface area contributed by atoms with Crippen LogP contribution in [0.2, 0.25) is 0 Å². The van der Waals surface area contributed by atoms with Gasteiger partial charge in [0.2, 0.25) is 0 Å². The van der Waals surface area contributed by atoms with Crippen LogP contribution in [0, 0.1) is 7.05 Å². The molecule has 0 unspecified atom stereocenters. The maximum atomic E-state index is 3.95. The summed E-state index contributed by atoms with van der Waals surface area (Å²) in [5, 5.41) is 0. The van der Waals surface area contributed by atoms with Crippen molar-refractivity contribution in [2.45, 2.75) is 0 Å². The first kappa shape index (κ1) is 8.92. The van der Waals surface area contributed by atoms with Crippen LogP contribution in [0.4, 0.5) is 0 Å². The van der Waals surface area contributed by atoms with Gasteiger partial charge in [0.05, 0.1) is 20.6 Å². The summed E-state index contributed by atoms with van der Waals surface area (Å²) in [5.74, 6) is 0. The summed E-state index contributed by atoms with van der Waals surface area (Å²) in [5.41, 5.74) is 0. The average molecular weight is 130 g/mol.